The fraction of sp³-hybridized carbons (Fsp3) is 0.231. The molecule has 0 aromatic heterocycles. The van der Waals surface area contributed by atoms with Crippen molar-refractivity contribution in [1.82, 2.24) is 5.43 Å². The van der Waals surface area contributed by atoms with Crippen molar-refractivity contribution in [2.75, 3.05) is 20.3 Å². The average Bonchev–Trinajstić information content (AvgIpc) is 2.85. The number of methoxy groups -OCH3 is 1. The maximum Gasteiger partial charge on any atom is 0.271 e. The van der Waals surface area contributed by atoms with E-state index in [2.05, 4.69) is 33.1 Å². The lowest BCUT2D eigenvalue weighted by Gasteiger charge is -2.15. The summed E-state index contributed by atoms with van der Waals surface area (Å²) in [4.78, 5) is 12.5. The smallest absolute Gasteiger partial charge is 0.271 e. The van der Waals surface area contributed by atoms with Gasteiger partial charge in [0.05, 0.1) is 30.1 Å². The molecule has 7 nitrogen and oxygen atoms in total. The van der Waals surface area contributed by atoms with Gasteiger partial charge in [-0.3, -0.25) is 4.79 Å². The molecule has 0 aliphatic rings. The number of amides is 1. The van der Waals surface area contributed by atoms with E-state index >= 15 is 0 Å². The Balaban J connectivity index is 1.73. The van der Waals surface area contributed by atoms with E-state index in [9.17, 15) is 9.18 Å². The van der Waals surface area contributed by atoms with Crippen molar-refractivity contribution in [3.8, 4) is 23.0 Å². The first-order chi connectivity index (χ1) is 17.0. The van der Waals surface area contributed by atoms with Crippen LogP contribution < -0.4 is 24.4 Å². The highest BCUT2D eigenvalue weighted by atomic mass is 127. The van der Waals surface area contributed by atoms with Crippen molar-refractivity contribution >= 4 is 34.7 Å². The molecule has 0 spiro atoms. The van der Waals surface area contributed by atoms with Crippen LogP contribution >= 0.6 is 22.6 Å². The van der Waals surface area contributed by atoms with Gasteiger partial charge in [0.1, 0.15) is 12.4 Å². The van der Waals surface area contributed by atoms with Gasteiger partial charge in [-0.1, -0.05) is 18.2 Å². The number of hydrogen-bond donors (Lipinski definition) is 1. The molecule has 0 atom stereocenters. The lowest BCUT2D eigenvalue weighted by atomic mass is 10.2. The van der Waals surface area contributed by atoms with Crippen LogP contribution in [0.2, 0.25) is 0 Å². The lowest BCUT2D eigenvalue weighted by Crippen LogP contribution is -2.17. The van der Waals surface area contributed by atoms with E-state index in [4.69, 9.17) is 18.9 Å². The second kappa shape index (κ2) is 12.9. The zero-order valence-corrected chi connectivity index (χ0v) is 21.8. The topological polar surface area (TPSA) is 78.4 Å². The summed E-state index contributed by atoms with van der Waals surface area (Å²) in [6.07, 6.45) is 1.51. The van der Waals surface area contributed by atoms with Crippen LogP contribution in [0.25, 0.3) is 0 Å². The number of hydrogen-bond acceptors (Lipinski definition) is 6. The van der Waals surface area contributed by atoms with Crippen molar-refractivity contribution in [2.45, 2.75) is 20.5 Å². The largest absolute Gasteiger partial charge is 0.493 e. The van der Waals surface area contributed by atoms with Gasteiger partial charge in [0, 0.05) is 11.1 Å². The highest BCUT2D eigenvalue weighted by molar-refractivity contribution is 14.1. The molecule has 3 aromatic rings. The molecule has 0 fully saturated rings. The molecule has 9 heteroatoms. The van der Waals surface area contributed by atoms with Gasteiger partial charge < -0.3 is 18.9 Å². The van der Waals surface area contributed by atoms with Gasteiger partial charge in [0.25, 0.3) is 5.91 Å². The number of carbonyl (C=O) groups excluding carboxylic acids is 1. The summed E-state index contributed by atoms with van der Waals surface area (Å²) in [5.41, 5.74) is 4.04. The molecule has 35 heavy (non-hydrogen) atoms. The lowest BCUT2D eigenvalue weighted by molar-refractivity contribution is 0.0954. The number of rotatable bonds is 11. The van der Waals surface area contributed by atoms with E-state index in [-0.39, 0.29) is 12.4 Å². The highest BCUT2D eigenvalue weighted by Crippen LogP contribution is 2.34. The standard InChI is InChI=1S/C26H26FIN2O5/c1-4-33-23-14-18(10-11-22(23)32-3)26(31)30-29-15-17-12-21(28)25(24(13-17)34-5-2)35-16-19-8-6-7-9-20(19)27/h6-15H,4-5,16H2,1-3H3,(H,30,31)/b29-15+. The molecule has 184 valence electrons. The summed E-state index contributed by atoms with van der Waals surface area (Å²) in [5, 5.41) is 4.07. The summed E-state index contributed by atoms with van der Waals surface area (Å²) in [6, 6.07) is 14.9. The van der Waals surface area contributed by atoms with E-state index in [0.29, 0.717) is 52.9 Å². The maximum atomic E-state index is 14.0. The summed E-state index contributed by atoms with van der Waals surface area (Å²) in [6.45, 7) is 4.64. The van der Waals surface area contributed by atoms with Crippen LogP contribution in [0.15, 0.2) is 59.7 Å². The number of nitrogens with zero attached hydrogens (tertiary/aromatic N) is 1. The molecule has 3 rings (SSSR count). The molecular formula is C26H26FIN2O5. The Morgan fingerprint density at radius 2 is 1.74 bits per heavy atom. The molecule has 0 unspecified atom stereocenters. The first kappa shape index (κ1) is 26.3. The second-order valence-electron chi connectivity index (χ2n) is 7.14. The zero-order valence-electron chi connectivity index (χ0n) is 19.6. The van der Waals surface area contributed by atoms with Crippen molar-refractivity contribution < 1.29 is 28.1 Å². The molecule has 1 amide bonds. The van der Waals surface area contributed by atoms with Crippen LogP contribution in [0, 0.1) is 9.39 Å². The molecule has 0 bridgehead atoms. The fourth-order valence-electron chi connectivity index (χ4n) is 3.15. The highest BCUT2D eigenvalue weighted by Gasteiger charge is 2.14. The fourth-order valence-corrected chi connectivity index (χ4v) is 3.93. The molecule has 0 aliphatic carbocycles. The maximum absolute atomic E-state index is 14.0. The van der Waals surface area contributed by atoms with Crippen LogP contribution in [0.4, 0.5) is 4.39 Å². The van der Waals surface area contributed by atoms with Gasteiger partial charge in [0.2, 0.25) is 0 Å². The van der Waals surface area contributed by atoms with E-state index < -0.39 is 5.91 Å². The number of hydrazone groups is 1. The molecule has 0 aliphatic heterocycles. The quantitative estimate of drug-likeness (QED) is 0.179. The summed E-state index contributed by atoms with van der Waals surface area (Å²) in [7, 11) is 1.54. The Hall–Kier alpha value is -3.34. The van der Waals surface area contributed by atoms with Gasteiger partial charge in [-0.2, -0.15) is 5.10 Å². The van der Waals surface area contributed by atoms with Gasteiger partial charge in [-0.25, -0.2) is 9.82 Å². The minimum atomic E-state index is -0.394. The number of ether oxygens (including phenoxy) is 4. The third-order valence-corrected chi connectivity index (χ3v) is 5.57. The predicted molar refractivity (Wildman–Crippen MR) is 140 cm³/mol. The van der Waals surface area contributed by atoms with Crippen molar-refractivity contribution in [3.05, 3.63) is 80.7 Å². The summed E-state index contributed by atoms with van der Waals surface area (Å²) >= 11 is 2.12. The minimum absolute atomic E-state index is 0.0673. The van der Waals surface area contributed by atoms with E-state index in [0.717, 1.165) is 3.57 Å². The normalized spacial score (nSPS) is 10.8. The van der Waals surface area contributed by atoms with Gasteiger partial charge in [-0.05, 0) is 78.4 Å². The Labute approximate surface area is 217 Å². The van der Waals surface area contributed by atoms with Crippen LogP contribution in [-0.4, -0.2) is 32.4 Å². The summed E-state index contributed by atoms with van der Waals surface area (Å²) in [5.74, 6) is 1.31. The molecule has 3 aromatic carbocycles. The first-order valence-electron chi connectivity index (χ1n) is 10.9. The monoisotopic (exact) mass is 592 g/mol. The number of carbonyl (C=O) groups is 1. The minimum Gasteiger partial charge on any atom is -0.493 e. The molecule has 0 saturated carbocycles. The van der Waals surface area contributed by atoms with Crippen LogP contribution in [0.1, 0.15) is 35.3 Å². The van der Waals surface area contributed by atoms with Gasteiger partial charge >= 0.3 is 0 Å². The molecular weight excluding hydrogens is 566 g/mol. The molecule has 0 heterocycles. The zero-order chi connectivity index (χ0) is 25.2. The Bertz CT molecular complexity index is 1200. The third kappa shape index (κ3) is 7.08. The second-order valence-corrected chi connectivity index (χ2v) is 8.30. The summed E-state index contributed by atoms with van der Waals surface area (Å²) < 4.78 is 37.1. The van der Waals surface area contributed by atoms with Crippen LogP contribution in [0.3, 0.4) is 0 Å². The molecule has 0 saturated heterocycles. The number of benzene rings is 3. The van der Waals surface area contributed by atoms with Crippen molar-refractivity contribution in [2.24, 2.45) is 5.10 Å². The predicted octanol–water partition coefficient (Wildman–Crippen LogP) is 5.58. The number of nitrogens with one attached hydrogen (secondary N) is 1. The van der Waals surface area contributed by atoms with E-state index in [1.165, 1.54) is 19.4 Å². The van der Waals surface area contributed by atoms with Crippen molar-refractivity contribution in [3.63, 3.8) is 0 Å². The number of halogens is 2. The van der Waals surface area contributed by atoms with Crippen LogP contribution in [0.5, 0.6) is 23.0 Å². The Kier molecular flexibility index (Phi) is 9.71. The van der Waals surface area contributed by atoms with Gasteiger partial charge in [0.15, 0.2) is 23.0 Å². The Morgan fingerprint density at radius 1 is 1.00 bits per heavy atom. The molecule has 1 N–H and O–H groups in total. The third-order valence-electron chi connectivity index (χ3n) is 4.77. The molecule has 0 radical (unpaired) electrons. The average molecular weight is 592 g/mol. The SMILES string of the molecule is CCOc1cc(C(=O)N/N=C/c2cc(I)c(OCc3ccccc3F)c(OCC)c2)ccc1OC. The van der Waals surface area contributed by atoms with Crippen LogP contribution in [-0.2, 0) is 6.61 Å². The van der Waals surface area contributed by atoms with E-state index in [1.807, 2.05) is 19.9 Å². The van der Waals surface area contributed by atoms with Gasteiger partial charge in [-0.15, -0.1) is 0 Å². The van der Waals surface area contributed by atoms with Crippen molar-refractivity contribution in [1.29, 1.82) is 0 Å². The van der Waals surface area contributed by atoms with E-state index in [1.54, 1.807) is 42.5 Å². The Morgan fingerprint density at radius 3 is 2.46 bits per heavy atom. The first-order valence-corrected chi connectivity index (χ1v) is 12.0.